The number of methoxy groups -OCH3 is 1. The van der Waals surface area contributed by atoms with E-state index in [0.29, 0.717) is 31.7 Å². The van der Waals surface area contributed by atoms with Gasteiger partial charge in [-0.25, -0.2) is 4.98 Å². The summed E-state index contributed by atoms with van der Waals surface area (Å²) < 4.78 is 5.87. The highest BCUT2D eigenvalue weighted by Crippen LogP contribution is 2.44. The molecule has 0 saturated heterocycles. The van der Waals surface area contributed by atoms with Crippen LogP contribution < -0.4 is 10.5 Å². The molecule has 0 fully saturated rings. The Bertz CT molecular complexity index is 1130. The fourth-order valence-electron chi connectivity index (χ4n) is 3.19. The highest BCUT2D eigenvalue weighted by Gasteiger charge is 2.29. The molecule has 1 aliphatic rings. The molecular weight excluding hydrogens is 455 g/mol. The highest BCUT2D eigenvalue weighted by atomic mass is 127. The Morgan fingerprint density at radius 2 is 1.96 bits per heavy atom. The molecule has 1 heterocycles. The van der Waals surface area contributed by atoms with E-state index < -0.39 is 0 Å². The lowest BCUT2D eigenvalue weighted by atomic mass is 9.95. The van der Waals surface area contributed by atoms with E-state index >= 15 is 0 Å². The van der Waals surface area contributed by atoms with Crippen molar-refractivity contribution in [3.63, 3.8) is 0 Å². The summed E-state index contributed by atoms with van der Waals surface area (Å²) in [5.41, 5.74) is 10.9. The monoisotopic (exact) mass is 470 g/mol. The smallest absolute Gasteiger partial charge is 0.171 e. The van der Waals surface area contributed by atoms with Crippen molar-refractivity contribution in [2.75, 3.05) is 12.8 Å². The van der Waals surface area contributed by atoms with Gasteiger partial charge in [-0.1, -0.05) is 0 Å². The highest BCUT2D eigenvalue weighted by molar-refractivity contribution is 14.1. The minimum Gasteiger partial charge on any atom is -0.504 e. The first kappa shape index (κ1) is 18.7. The van der Waals surface area contributed by atoms with Crippen molar-refractivity contribution in [3.05, 3.63) is 49.2 Å². The number of nitrogens with zero attached hydrogens (tertiary/aromatic N) is 3. The summed E-state index contributed by atoms with van der Waals surface area (Å²) >= 11 is 2.03. The van der Waals surface area contributed by atoms with E-state index in [9.17, 15) is 15.6 Å². The normalized spacial score (nSPS) is 14.1. The van der Waals surface area contributed by atoms with Crippen LogP contribution in [0.25, 0.3) is 17.2 Å². The van der Waals surface area contributed by atoms with E-state index in [2.05, 4.69) is 17.1 Å². The summed E-state index contributed by atoms with van der Waals surface area (Å²) in [5, 5.41) is 29.1. The number of nitriles is 2. The van der Waals surface area contributed by atoms with E-state index in [4.69, 9.17) is 10.5 Å². The van der Waals surface area contributed by atoms with Gasteiger partial charge in [0.15, 0.2) is 11.5 Å². The summed E-state index contributed by atoms with van der Waals surface area (Å²) in [7, 11) is 1.49. The topological polar surface area (TPSA) is 116 Å². The number of phenolic OH excluding ortho intramolecular Hbond substituents is 1. The predicted molar refractivity (Wildman–Crippen MR) is 112 cm³/mol. The number of fused-ring (bicyclic) bond motifs is 1. The summed E-state index contributed by atoms with van der Waals surface area (Å²) in [6.45, 7) is 3.65. The number of aromatic nitrogens is 1. The van der Waals surface area contributed by atoms with Gasteiger partial charge < -0.3 is 15.6 Å². The number of nitrogens with two attached hydrogens (primary N) is 1. The van der Waals surface area contributed by atoms with E-state index in [-0.39, 0.29) is 11.6 Å². The van der Waals surface area contributed by atoms with E-state index in [1.54, 1.807) is 13.0 Å². The van der Waals surface area contributed by atoms with Gasteiger partial charge in [0.1, 0.15) is 18.0 Å². The molecule has 0 amide bonds. The van der Waals surface area contributed by atoms with Crippen molar-refractivity contribution in [3.8, 4) is 23.6 Å². The number of rotatable bonds is 2. The van der Waals surface area contributed by atoms with Gasteiger partial charge in [-0.2, -0.15) is 10.5 Å². The van der Waals surface area contributed by atoms with E-state index in [1.165, 1.54) is 7.11 Å². The lowest BCUT2D eigenvalue weighted by molar-refractivity contribution is 0.371. The molecule has 3 rings (SSSR count). The molecule has 0 spiro atoms. The zero-order chi connectivity index (χ0) is 19.9. The third-order valence-electron chi connectivity index (χ3n) is 4.57. The Hall–Kier alpha value is -3.04. The summed E-state index contributed by atoms with van der Waals surface area (Å²) in [6, 6.07) is 7.81. The largest absolute Gasteiger partial charge is 0.504 e. The van der Waals surface area contributed by atoms with Gasteiger partial charge in [-0.05, 0) is 76.9 Å². The first-order chi connectivity index (χ1) is 12.8. The molecule has 134 valence electrons. The number of aromatic hydroxyl groups is 1. The molecule has 0 saturated carbocycles. The van der Waals surface area contributed by atoms with Crippen LogP contribution in [0.2, 0.25) is 0 Å². The molecule has 0 bridgehead atoms. The Kier molecular flexibility index (Phi) is 4.81. The van der Waals surface area contributed by atoms with Gasteiger partial charge in [-0.15, -0.1) is 0 Å². The number of halogens is 1. The molecular formula is C20H15IN4O2. The van der Waals surface area contributed by atoms with Crippen molar-refractivity contribution in [2.24, 2.45) is 0 Å². The third-order valence-corrected chi connectivity index (χ3v) is 5.39. The Morgan fingerprint density at radius 1 is 1.26 bits per heavy atom. The van der Waals surface area contributed by atoms with Gasteiger partial charge in [0, 0.05) is 5.56 Å². The number of ether oxygens (including phenoxy) is 1. The number of pyridine rings is 1. The van der Waals surface area contributed by atoms with Crippen LogP contribution >= 0.6 is 22.6 Å². The van der Waals surface area contributed by atoms with Crippen LogP contribution in [0.4, 0.5) is 5.82 Å². The third kappa shape index (κ3) is 2.90. The number of nitrogen functional groups attached to an aromatic ring is 1. The summed E-state index contributed by atoms with van der Waals surface area (Å²) in [4.78, 5) is 4.31. The SMILES string of the molecule is COc1cc(C=C2C(C)=C(C#N)c3nc(N)c(C#N)c(C)c32)cc(I)c1O. The van der Waals surface area contributed by atoms with Gasteiger partial charge >= 0.3 is 0 Å². The van der Waals surface area contributed by atoms with Crippen LogP contribution in [0, 0.1) is 33.2 Å². The fourth-order valence-corrected chi connectivity index (χ4v) is 3.82. The molecule has 3 N–H and O–H groups in total. The molecule has 0 atom stereocenters. The van der Waals surface area contributed by atoms with Crippen LogP contribution in [0.5, 0.6) is 11.5 Å². The predicted octanol–water partition coefficient (Wildman–Crippen LogP) is 4.01. The van der Waals surface area contributed by atoms with Gasteiger partial charge in [0.25, 0.3) is 0 Å². The molecule has 1 aromatic carbocycles. The van der Waals surface area contributed by atoms with Gasteiger partial charge in [0.2, 0.25) is 0 Å². The molecule has 0 aliphatic heterocycles. The fraction of sp³-hybridized carbons (Fsp3) is 0.150. The first-order valence-corrected chi connectivity index (χ1v) is 9.02. The Labute approximate surface area is 170 Å². The van der Waals surface area contributed by atoms with Crippen molar-refractivity contribution in [1.82, 2.24) is 4.98 Å². The maximum Gasteiger partial charge on any atom is 0.171 e. The van der Waals surface area contributed by atoms with Crippen molar-refractivity contribution in [1.29, 1.82) is 10.5 Å². The zero-order valence-corrected chi connectivity index (χ0v) is 17.0. The Balaban J connectivity index is 2.33. The van der Waals surface area contributed by atoms with Crippen molar-refractivity contribution >= 4 is 45.6 Å². The van der Waals surface area contributed by atoms with Crippen molar-refractivity contribution < 1.29 is 9.84 Å². The molecule has 2 aromatic rings. The lowest BCUT2D eigenvalue weighted by Gasteiger charge is -2.12. The number of hydrogen-bond donors (Lipinski definition) is 2. The number of benzene rings is 1. The molecule has 1 aromatic heterocycles. The van der Waals surface area contributed by atoms with E-state index in [0.717, 1.165) is 22.3 Å². The maximum atomic E-state index is 10.1. The molecule has 7 heteroatoms. The molecule has 27 heavy (non-hydrogen) atoms. The quantitative estimate of drug-likeness (QED) is 0.641. The molecule has 1 aliphatic carbocycles. The zero-order valence-electron chi connectivity index (χ0n) is 14.9. The summed E-state index contributed by atoms with van der Waals surface area (Å²) in [5.74, 6) is 0.560. The Morgan fingerprint density at radius 3 is 2.56 bits per heavy atom. The van der Waals surface area contributed by atoms with E-state index in [1.807, 2.05) is 41.7 Å². The van der Waals surface area contributed by atoms with Gasteiger partial charge in [0.05, 0.1) is 27.5 Å². The van der Waals surface area contributed by atoms with Crippen LogP contribution in [0.1, 0.15) is 34.9 Å². The second-order valence-electron chi connectivity index (χ2n) is 6.06. The first-order valence-electron chi connectivity index (χ1n) is 7.94. The number of phenols is 1. The summed E-state index contributed by atoms with van der Waals surface area (Å²) in [6.07, 6.45) is 1.90. The van der Waals surface area contributed by atoms with Crippen molar-refractivity contribution in [2.45, 2.75) is 13.8 Å². The molecule has 0 unspecified atom stereocenters. The second-order valence-corrected chi connectivity index (χ2v) is 7.22. The average molecular weight is 470 g/mol. The number of allylic oxidation sites excluding steroid dienone is 3. The second kappa shape index (κ2) is 6.93. The van der Waals surface area contributed by atoms with Crippen LogP contribution in [-0.2, 0) is 0 Å². The van der Waals surface area contributed by atoms with Crippen LogP contribution in [0.3, 0.4) is 0 Å². The molecule has 0 radical (unpaired) electrons. The van der Waals surface area contributed by atoms with Crippen LogP contribution in [-0.4, -0.2) is 17.2 Å². The number of hydrogen-bond acceptors (Lipinski definition) is 6. The maximum absolute atomic E-state index is 10.1. The lowest BCUT2D eigenvalue weighted by Crippen LogP contribution is -2.03. The number of anilines is 1. The van der Waals surface area contributed by atoms with Gasteiger partial charge in [-0.3, -0.25) is 0 Å². The standard InChI is InChI=1S/C20H15IN4O2/c1-9-12(4-11-5-15(21)19(26)16(6-11)27-3)17-10(2)14(8-23)20(24)25-18(17)13(9)7-22/h4-6,26H,1-3H3,(H2,24,25). The molecule has 6 nitrogen and oxygen atoms in total. The van der Waals surface area contributed by atoms with Crippen LogP contribution in [0.15, 0.2) is 17.7 Å². The minimum atomic E-state index is 0.0782. The average Bonchev–Trinajstić information content (AvgIpc) is 2.89. The minimum absolute atomic E-state index is 0.0782.